The fraction of sp³-hybridized carbons (Fsp3) is 0.345. The third-order valence-corrected chi connectivity index (χ3v) is 4.73. The Morgan fingerprint density at radius 2 is 1.15 bits per heavy atom. The van der Waals surface area contributed by atoms with Gasteiger partial charge in [-0.25, -0.2) is 8.78 Å². The standard InChI is InChI=1S/C20H15F2NO.C4H9N.C3H9N.2CH3ClO/c1-23-20(24)17-11-15(13-2-6-18(21)7-3-13)10-16(12-17)14-4-8-19(22)9-5-14;1-2-4-5-3-1;1-3(2)4;2*1-3-2/h2-12H,1H3,(H,23,24);5H,1-4H2;3H,4H2,1-2H3;2*1H3. The van der Waals surface area contributed by atoms with Gasteiger partial charge in [-0.2, -0.15) is 0 Å². The third kappa shape index (κ3) is 16.9. The van der Waals surface area contributed by atoms with E-state index in [1.807, 2.05) is 19.9 Å². The second-order valence-electron chi connectivity index (χ2n) is 8.40. The lowest BCUT2D eigenvalue weighted by molar-refractivity contribution is 0.0963. The number of rotatable bonds is 3. The summed E-state index contributed by atoms with van der Waals surface area (Å²) in [5, 5.41) is 5.82. The minimum Gasteiger partial charge on any atom is -0.355 e. The van der Waals surface area contributed by atoms with Crippen molar-refractivity contribution in [2.24, 2.45) is 5.73 Å². The van der Waals surface area contributed by atoms with Gasteiger partial charge in [0.25, 0.3) is 5.91 Å². The molecule has 39 heavy (non-hydrogen) atoms. The zero-order valence-electron chi connectivity index (χ0n) is 23.1. The summed E-state index contributed by atoms with van der Waals surface area (Å²) in [4.78, 5) is 12.1. The average molecular weight is 587 g/mol. The maximum atomic E-state index is 13.1. The van der Waals surface area contributed by atoms with Crippen LogP contribution in [0.3, 0.4) is 0 Å². The van der Waals surface area contributed by atoms with Crippen molar-refractivity contribution < 1.29 is 22.2 Å². The lowest BCUT2D eigenvalue weighted by Crippen LogP contribution is -2.17. The van der Waals surface area contributed by atoms with Gasteiger partial charge >= 0.3 is 0 Å². The molecular formula is C29H39Cl2F2N3O3. The summed E-state index contributed by atoms with van der Waals surface area (Å²) < 4.78 is 33.7. The molecule has 1 heterocycles. The zero-order valence-corrected chi connectivity index (χ0v) is 24.6. The third-order valence-electron chi connectivity index (χ3n) is 4.73. The van der Waals surface area contributed by atoms with E-state index in [1.165, 1.54) is 64.4 Å². The Kier molecular flexibility index (Phi) is 20.8. The van der Waals surface area contributed by atoms with Crippen molar-refractivity contribution in [2.75, 3.05) is 34.4 Å². The summed E-state index contributed by atoms with van der Waals surface area (Å²) in [7, 11) is 4.34. The second-order valence-corrected chi connectivity index (χ2v) is 9.02. The Bertz CT molecular complexity index is 975. The summed E-state index contributed by atoms with van der Waals surface area (Å²) in [6.45, 7) is 6.39. The second kappa shape index (κ2) is 22.2. The highest BCUT2D eigenvalue weighted by Crippen LogP contribution is 2.29. The van der Waals surface area contributed by atoms with Crippen LogP contribution in [0.5, 0.6) is 0 Å². The lowest BCUT2D eigenvalue weighted by Gasteiger charge is -2.10. The molecule has 0 atom stereocenters. The first kappa shape index (κ1) is 36.4. The summed E-state index contributed by atoms with van der Waals surface area (Å²) in [6, 6.07) is 17.9. The van der Waals surface area contributed by atoms with E-state index < -0.39 is 0 Å². The largest absolute Gasteiger partial charge is 0.355 e. The SMILES string of the molecule is C1CCNC1.CC(C)N.CNC(=O)c1cc(-c2ccc(F)cc2)cc(-c2ccc(F)cc2)c1.COCl.COCl. The first-order chi connectivity index (χ1) is 18.6. The van der Waals surface area contributed by atoms with Gasteiger partial charge in [0.15, 0.2) is 0 Å². The van der Waals surface area contributed by atoms with Crippen LogP contribution in [0, 0.1) is 11.6 Å². The highest BCUT2D eigenvalue weighted by atomic mass is 35.5. The molecule has 10 heteroatoms. The van der Waals surface area contributed by atoms with Crippen molar-refractivity contribution in [3.05, 3.63) is 83.9 Å². The molecular weight excluding hydrogens is 547 g/mol. The molecule has 4 N–H and O–H groups in total. The number of nitrogens with two attached hydrogens (primary N) is 1. The van der Waals surface area contributed by atoms with Gasteiger partial charge in [0.1, 0.15) is 11.6 Å². The molecule has 0 spiro atoms. The number of carbonyl (C=O) groups is 1. The number of nitrogens with one attached hydrogen (secondary N) is 2. The van der Waals surface area contributed by atoms with Crippen molar-refractivity contribution in [1.82, 2.24) is 10.6 Å². The monoisotopic (exact) mass is 585 g/mol. The van der Waals surface area contributed by atoms with Gasteiger partial charge in [0, 0.05) is 12.6 Å². The van der Waals surface area contributed by atoms with Crippen LogP contribution in [0.1, 0.15) is 37.0 Å². The highest BCUT2D eigenvalue weighted by Gasteiger charge is 2.10. The molecule has 0 unspecified atom stereocenters. The Morgan fingerprint density at radius 3 is 1.41 bits per heavy atom. The molecule has 0 saturated carbocycles. The van der Waals surface area contributed by atoms with Gasteiger partial charge in [-0.15, -0.1) is 0 Å². The summed E-state index contributed by atoms with van der Waals surface area (Å²) in [6.07, 6.45) is 2.78. The molecule has 6 nitrogen and oxygen atoms in total. The van der Waals surface area contributed by atoms with E-state index >= 15 is 0 Å². The molecule has 3 aromatic rings. The van der Waals surface area contributed by atoms with Gasteiger partial charge in [-0.05, 0) is 96.7 Å². The number of benzene rings is 3. The van der Waals surface area contributed by atoms with Crippen molar-refractivity contribution in [2.45, 2.75) is 32.7 Å². The van der Waals surface area contributed by atoms with E-state index in [9.17, 15) is 13.6 Å². The molecule has 1 aliphatic heterocycles. The predicted molar refractivity (Wildman–Crippen MR) is 158 cm³/mol. The Morgan fingerprint density at radius 1 is 0.821 bits per heavy atom. The van der Waals surface area contributed by atoms with Crippen molar-refractivity contribution in [1.29, 1.82) is 0 Å². The molecule has 0 aromatic heterocycles. The first-order valence-electron chi connectivity index (χ1n) is 12.3. The average Bonchev–Trinajstić information content (AvgIpc) is 3.50. The van der Waals surface area contributed by atoms with Crippen molar-refractivity contribution in [3.8, 4) is 22.3 Å². The summed E-state index contributed by atoms with van der Waals surface area (Å²) in [5.41, 5.74) is 8.76. The Labute approximate surface area is 241 Å². The summed E-state index contributed by atoms with van der Waals surface area (Å²) in [5.74, 6) is -0.859. The molecule has 0 aliphatic carbocycles. The topological polar surface area (TPSA) is 85.6 Å². The Balaban J connectivity index is 0.000000789. The smallest absolute Gasteiger partial charge is 0.251 e. The molecule has 1 fully saturated rings. The maximum Gasteiger partial charge on any atom is 0.251 e. The first-order valence-corrected chi connectivity index (χ1v) is 12.9. The molecule has 4 rings (SSSR count). The fourth-order valence-electron chi connectivity index (χ4n) is 3.15. The van der Waals surface area contributed by atoms with Crippen LogP contribution >= 0.6 is 23.7 Å². The molecule has 0 bridgehead atoms. The van der Waals surface area contributed by atoms with Gasteiger partial charge < -0.3 is 16.4 Å². The predicted octanol–water partition coefficient (Wildman–Crippen LogP) is 6.95. The van der Waals surface area contributed by atoms with E-state index in [1.54, 1.807) is 43.4 Å². The van der Waals surface area contributed by atoms with Crippen molar-refractivity contribution in [3.63, 3.8) is 0 Å². The maximum absolute atomic E-state index is 13.1. The molecule has 1 saturated heterocycles. The van der Waals surface area contributed by atoms with E-state index in [0.29, 0.717) is 11.6 Å². The van der Waals surface area contributed by atoms with E-state index in [4.69, 9.17) is 5.73 Å². The number of carbonyl (C=O) groups excluding carboxylic acids is 1. The number of hydrogen-bond donors (Lipinski definition) is 3. The fourth-order valence-corrected chi connectivity index (χ4v) is 3.15. The summed E-state index contributed by atoms with van der Waals surface area (Å²) >= 11 is 9.00. The van der Waals surface area contributed by atoms with Crippen LogP contribution in [-0.2, 0) is 8.58 Å². The minimum atomic E-state index is -0.319. The van der Waals surface area contributed by atoms with Crippen LogP contribution in [0.25, 0.3) is 22.3 Å². The van der Waals surface area contributed by atoms with Gasteiger partial charge in [0.05, 0.1) is 38.0 Å². The lowest BCUT2D eigenvalue weighted by atomic mass is 9.96. The molecule has 216 valence electrons. The number of halogens is 4. The highest BCUT2D eigenvalue weighted by molar-refractivity contribution is 6.07. The Hall–Kier alpha value is -2.59. The van der Waals surface area contributed by atoms with Crippen LogP contribution < -0.4 is 16.4 Å². The van der Waals surface area contributed by atoms with E-state index in [2.05, 4.69) is 42.9 Å². The quantitative estimate of drug-likeness (QED) is 0.309. The van der Waals surface area contributed by atoms with Crippen LogP contribution in [0.15, 0.2) is 66.7 Å². The molecule has 0 radical (unpaired) electrons. The van der Waals surface area contributed by atoms with Crippen LogP contribution in [-0.4, -0.2) is 46.3 Å². The van der Waals surface area contributed by atoms with E-state index in [0.717, 1.165) is 22.3 Å². The normalized spacial score (nSPS) is 11.4. The van der Waals surface area contributed by atoms with Crippen molar-refractivity contribution >= 4 is 29.6 Å². The van der Waals surface area contributed by atoms with Crippen LogP contribution in [0.4, 0.5) is 8.78 Å². The van der Waals surface area contributed by atoms with Gasteiger partial charge in [0.2, 0.25) is 0 Å². The number of hydrogen-bond acceptors (Lipinski definition) is 5. The van der Waals surface area contributed by atoms with Gasteiger partial charge in [-0.3, -0.25) is 13.4 Å². The molecule has 1 amide bonds. The zero-order chi connectivity index (χ0) is 29.6. The van der Waals surface area contributed by atoms with E-state index in [-0.39, 0.29) is 17.5 Å². The van der Waals surface area contributed by atoms with Gasteiger partial charge in [-0.1, -0.05) is 38.1 Å². The van der Waals surface area contributed by atoms with Crippen LogP contribution in [0.2, 0.25) is 0 Å². The molecule has 1 aliphatic rings. The minimum absolute atomic E-state index is 0.220. The molecule has 3 aromatic carbocycles. The number of amides is 1.